The zero-order valence-electron chi connectivity index (χ0n) is 10.3. The van der Waals surface area contributed by atoms with Gasteiger partial charge in [-0.2, -0.15) is 0 Å². The van der Waals surface area contributed by atoms with Crippen molar-refractivity contribution >= 4 is 17.3 Å². The Balaban J connectivity index is 2.10. The second kappa shape index (κ2) is 5.80. The van der Waals surface area contributed by atoms with E-state index in [-0.39, 0.29) is 17.3 Å². The number of rotatable bonds is 4. The summed E-state index contributed by atoms with van der Waals surface area (Å²) in [5.41, 5.74) is 1.13. The lowest BCUT2D eigenvalue weighted by Crippen LogP contribution is -2.02. The number of aromatic hydroxyl groups is 1. The van der Waals surface area contributed by atoms with Crippen LogP contribution >= 0.6 is 11.6 Å². The largest absolute Gasteiger partial charge is 0.504 e. The van der Waals surface area contributed by atoms with Gasteiger partial charge in [-0.1, -0.05) is 23.7 Å². The highest BCUT2D eigenvalue weighted by atomic mass is 35.5. The van der Waals surface area contributed by atoms with Gasteiger partial charge in [-0.3, -0.25) is 0 Å². The first-order valence-corrected chi connectivity index (χ1v) is 6.03. The fraction of sp³-hybridized carbons (Fsp3) is 0.143. The number of methoxy groups -OCH3 is 1. The monoisotopic (exact) mass is 281 g/mol. The van der Waals surface area contributed by atoms with Gasteiger partial charge >= 0.3 is 0 Å². The van der Waals surface area contributed by atoms with Crippen molar-refractivity contribution in [1.82, 2.24) is 0 Å². The van der Waals surface area contributed by atoms with Crippen LogP contribution in [0.25, 0.3) is 0 Å². The van der Waals surface area contributed by atoms with Crippen LogP contribution in [0.5, 0.6) is 11.5 Å². The summed E-state index contributed by atoms with van der Waals surface area (Å²) >= 11 is 5.70. The molecule has 0 saturated carbocycles. The minimum Gasteiger partial charge on any atom is -0.504 e. The zero-order valence-corrected chi connectivity index (χ0v) is 11.0. The second-order valence-corrected chi connectivity index (χ2v) is 4.36. The molecular weight excluding hydrogens is 269 g/mol. The topological polar surface area (TPSA) is 41.5 Å². The molecule has 0 aliphatic rings. The first kappa shape index (κ1) is 13.5. The number of halogens is 2. The van der Waals surface area contributed by atoms with Gasteiger partial charge < -0.3 is 15.2 Å². The smallest absolute Gasteiger partial charge is 0.160 e. The summed E-state index contributed by atoms with van der Waals surface area (Å²) in [6.07, 6.45) is 0. The van der Waals surface area contributed by atoms with Gasteiger partial charge in [0.2, 0.25) is 0 Å². The molecule has 0 amide bonds. The van der Waals surface area contributed by atoms with Crippen molar-refractivity contribution in [2.45, 2.75) is 6.54 Å². The third kappa shape index (κ3) is 3.09. The van der Waals surface area contributed by atoms with Crippen molar-refractivity contribution in [3.05, 3.63) is 52.8 Å². The maximum Gasteiger partial charge on any atom is 0.160 e. The van der Waals surface area contributed by atoms with E-state index >= 15 is 0 Å². The van der Waals surface area contributed by atoms with E-state index in [1.807, 2.05) is 0 Å². The molecule has 0 aromatic heterocycles. The lowest BCUT2D eigenvalue weighted by Gasteiger charge is -2.10. The summed E-state index contributed by atoms with van der Waals surface area (Å²) in [5, 5.41) is 12.7. The molecule has 100 valence electrons. The molecule has 2 aromatic rings. The van der Waals surface area contributed by atoms with E-state index in [9.17, 15) is 9.50 Å². The molecule has 0 aliphatic carbocycles. The van der Waals surface area contributed by atoms with Crippen LogP contribution in [0, 0.1) is 5.82 Å². The Hall–Kier alpha value is -1.94. The summed E-state index contributed by atoms with van der Waals surface area (Å²) in [4.78, 5) is 0. The molecule has 0 fully saturated rings. The predicted octanol–water partition coefficient (Wildman–Crippen LogP) is 3.81. The third-order valence-corrected chi connectivity index (χ3v) is 2.99. The highest BCUT2D eigenvalue weighted by molar-refractivity contribution is 6.30. The summed E-state index contributed by atoms with van der Waals surface area (Å²) in [5.74, 6) is -0.0204. The SMILES string of the molecule is COc1ccc(NCc2cccc(Cl)c2F)cc1O. The van der Waals surface area contributed by atoms with Crippen LogP contribution in [-0.2, 0) is 6.54 Å². The van der Waals surface area contributed by atoms with Crippen molar-refractivity contribution in [2.24, 2.45) is 0 Å². The average Bonchev–Trinajstić information content (AvgIpc) is 2.40. The molecule has 5 heteroatoms. The number of anilines is 1. The highest BCUT2D eigenvalue weighted by Gasteiger charge is 2.07. The summed E-state index contributed by atoms with van der Waals surface area (Å²) in [7, 11) is 1.48. The Kier molecular flexibility index (Phi) is 4.12. The summed E-state index contributed by atoms with van der Waals surface area (Å²) in [6.45, 7) is 0.276. The molecule has 2 aromatic carbocycles. The van der Waals surface area contributed by atoms with Gasteiger partial charge in [0.1, 0.15) is 5.82 Å². The van der Waals surface area contributed by atoms with Gasteiger partial charge in [-0.15, -0.1) is 0 Å². The Morgan fingerprint density at radius 2 is 2.11 bits per heavy atom. The lowest BCUT2D eigenvalue weighted by atomic mass is 10.2. The minimum atomic E-state index is -0.436. The van der Waals surface area contributed by atoms with Gasteiger partial charge in [-0.05, 0) is 18.2 Å². The van der Waals surface area contributed by atoms with Crippen molar-refractivity contribution in [3.63, 3.8) is 0 Å². The number of hydrogen-bond donors (Lipinski definition) is 2. The highest BCUT2D eigenvalue weighted by Crippen LogP contribution is 2.29. The van der Waals surface area contributed by atoms with Crippen molar-refractivity contribution < 1.29 is 14.2 Å². The molecule has 2 N–H and O–H groups in total. The number of phenolic OH excluding ortho intramolecular Hbond substituents is 1. The quantitative estimate of drug-likeness (QED) is 0.895. The van der Waals surface area contributed by atoms with Gasteiger partial charge in [0.05, 0.1) is 12.1 Å². The molecule has 2 rings (SSSR count). The maximum atomic E-state index is 13.7. The van der Waals surface area contributed by atoms with E-state index < -0.39 is 5.82 Å². The first-order valence-electron chi connectivity index (χ1n) is 5.65. The predicted molar refractivity (Wildman–Crippen MR) is 73.4 cm³/mol. The van der Waals surface area contributed by atoms with Gasteiger partial charge in [0, 0.05) is 23.9 Å². The molecular formula is C14H13ClFNO2. The average molecular weight is 282 g/mol. The molecule has 0 unspecified atom stereocenters. The number of benzene rings is 2. The van der Waals surface area contributed by atoms with E-state index in [1.165, 1.54) is 19.2 Å². The molecule has 3 nitrogen and oxygen atoms in total. The maximum absolute atomic E-state index is 13.7. The van der Waals surface area contributed by atoms with E-state index in [0.29, 0.717) is 17.0 Å². The Morgan fingerprint density at radius 1 is 1.32 bits per heavy atom. The van der Waals surface area contributed by atoms with E-state index in [0.717, 1.165) is 0 Å². The lowest BCUT2D eigenvalue weighted by molar-refractivity contribution is 0.373. The van der Waals surface area contributed by atoms with E-state index in [4.69, 9.17) is 16.3 Å². The normalized spacial score (nSPS) is 10.3. The molecule has 0 atom stereocenters. The Bertz CT molecular complexity index is 590. The molecule has 0 bridgehead atoms. The van der Waals surface area contributed by atoms with Crippen LogP contribution in [0.3, 0.4) is 0 Å². The number of hydrogen-bond acceptors (Lipinski definition) is 3. The summed E-state index contributed by atoms with van der Waals surface area (Å²) in [6, 6.07) is 9.72. The van der Waals surface area contributed by atoms with Crippen LogP contribution in [0.15, 0.2) is 36.4 Å². The molecule has 0 heterocycles. The van der Waals surface area contributed by atoms with Crippen molar-refractivity contribution in [3.8, 4) is 11.5 Å². The van der Waals surface area contributed by atoms with Crippen LogP contribution in [-0.4, -0.2) is 12.2 Å². The first-order chi connectivity index (χ1) is 9.11. The second-order valence-electron chi connectivity index (χ2n) is 3.95. The van der Waals surface area contributed by atoms with Crippen LogP contribution < -0.4 is 10.1 Å². The molecule has 0 radical (unpaired) electrons. The van der Waals surface area contributed by atoms with Crippen LogP contribution in [0.4, 0.5) is 10.1 Å². The van der Waals surface area contributed by atoms with Gasteiger partial charge in [-0.25, -0.2) is 4.39 Å². The fourth-order valence-corrected chi connectivity index (χ4v) is 1.88. The van der Waals surface area contributed by atoms with Crippen molar-refractivity contribution in [1.29, 1.82) is 0 Å². The van der Waals surface area contributed by atoms with Gasteiger partial charge in [0.25, 0.3) is 0 Å². The Labute approximate surface area is 115 Å². The number of ether oxygens (including phenoxy) is 1. The number of nitrogens with one attached hydrogen (secondary N) is 1. The standard InChI is InChI=1S/C14H13ClFNO2/c1-19-13-6-5-10(7-12(13)18)17-8-9-3-2-4-11(15)14(9)16/h2-7,17-18H,8H2,1H3. The third-order valence-electron chi connectivity index (χ3n) is 2.69. The number of phenols is 1. The molecule has 19 heavy (non-hydrogen) atoms. The zero-order chi connectivity index (χ0) is 13.8. The molecule has 0 spiro atoms. The van der Waals surface area contributed by atoms with E-state index in [2.05, 4.69) is 5.32 Å². The fourth-order valence-electron chi connectivity index (χ4n) is 1.68. The molecule has 0 saturated heterocycles. The van der Waals surface area contributed by atoms with E-state index in [1.54, 1.807) is 24.3 Å². The van der Waals surface area contributed by atoms with Crippen molar-refractivity contribution in [2.75, 3.05) is 12.4 Å². The molecule has 0 aliphatic heterocycles. The van der Waals surface area contributed by atoms with Crippen LogP contribution in [0.1, 0.15) is 5.56 Å². The summed E-state index contributed by atoms with van der Waals surface area (Å²) < 4.78 is 18.6. The minimum absolute atomic E-state index is 0.0269. The van der Waals surface area contributed by atoms with Gasteiger partial charge in [0.15, 0.2) is 11.5 Å². The van der Waals surface area contributed by atoms with Crippen LogP contribution in [0.2, 0.25) is 5.02 Å². The Morgan fingerprint density at radius 3 is 2.79 bits per heavy atom.